The first-order chi connectivity index (χ1) is 20.9. The minimum absolute atomic E-state index is 0.295. The van der Waals surface area contributed by atoms with Crippen molar-refractivity contribution in [3.05, 3.63) is 130 Å². The molecule has 0 atom stereocenters. The smallest absolute Gasteiger partial charge is 0.316 e. The molecule has 4 aromatic carbocycles. The summed E-state index contributed by atoms with van der Waals surface area (Å²) in [6, 6.07) is 31.7. The summed E-state index contributed by atoms with van der Waals surface area (Å²) in [6.45, 7) is 4.11. The van der Waals surface area contributed by atoms with Crippen molar-refractivity contribution in [2.45, 2.75) is 46.2 Å². The van der Waals surface area contributed by atoms with Crippen LogP contribution in [0, 0.1) is 23.2 Å². The summed E-state index contributed by atoms with van der Waals surface area (Å²) in [5.74, 6) is 6.27. The van der Waals surface area contributed by atoms with Gasteiger partial charge in [0, 0.05) is 36.8 Å². The zero-order valence-corrected chi connectivity index (χ0v) is 24.3. The van der Waals surface area contributed by atoms with Crippen LogP contribution >= 0.6 is 0 Å². The number of hydrogen-bond acceptors (Lipinski definition) is 5. The standard InChI is InChI=1S/C36H33N3O4/c1-3-4-5-28-6-8-29(9-7-28)10-11-30-12-14-32(15-13-30)25-39(36(41)38-34-20-16-31(24-37)17-21-34)26-33-18-22-35(23-19-33)43-42-27(2)40/h6-9,12-23H,3-5,25-26H2,1-2H3,(H,38,41). The predicted molar refractivity (Wildman–Crippen MR) is 166 cm³/mol. The van der Waals surface area contributed by atoms with Crippen molar-refractivity contribution in [1.82, 2.24) is 4.90 Å². The van der Waals surface area contributed by atoms with Crippen molar-refractivity contribution in [3.63, 3.8) is 0 Å². The second-order valence-corrected chi connectivity index (χ2v) is 10.0. The van der Waals surface area contributed by atoms with Gasteiger partial charge >= 0.3 is 12.0 Å². The number of rotatable bonds is 10. The molecule has 0 bridgehead atoms. The fourth-order valence-electron chi connectivity index (χ4n) is 4.20. The van der Waals surface area contributed by atoms with Crippen molar-refractivity contribution in [2.24, 2.45) is 0 Å². The Balaban J connectivity index is 1.46. The zero-order valence-electron chi connectivity index (χ0n) is 24.3. The molecule has 7 heteroatoms. The van der Waals surface area contributed by atoms with E-state index < -0.39 is 5.97 Å². The number of benzene rings is 4. The summed E-state index contributed by atoms with van der Waals surface area (Å²) >= 11 is 0. The van der Waals surface area contributed by atoms with Gasteiger partial charge in [-0.3, -0.25) is 9.78 Å². The fourth-order valence-corrected chi connectivity index (χ4v) is 4.20. The number of hydrogen-bond donors (Lipinski definition) is 1. The number of nitriles is 1. The molecular formula is C36H33N3O4. The monoisotopic (exact) mass is 571 g/mol. The Morgan fingerprint density at radius 3 is 1.77 bits per heavy atom. The van der Waals surface area contributed by atoms with E-state index in [9.17, 15) is 9.59 Å². The van der Waals surface area contributed by atoms with E-state index in [1.54, 1.807) is 53.4 Å². The Kier molecular flexibility index (Phi) is 10.9. The number of unbranched alkanes of at least 4 members (excludes halogenated alkanes) is 1. The van der Waals surface area contributed by atoms with Gasteiger partial charge < -0.3 is 10.2 Å². The molecule has 0 radical (unpaired) electrons. The van der Waals surface area contributed by atoms with E-state index in [1.807, 2.05) is 24.3 Å². The van der Waals surface area contributed by atoms with Gasteiger partial charge in [-0.2, -0.15) is 5.26 Å². The highest BCUT2D eigenvalue weighted by Gasteiger charge is 2.16. The maximum atomic E-state index is 13.4. The molecular weight excluding hydrogens is 538 g/mol. The average Bonchev–Trinajstić information content (AvgIpc) is 3.03. The molecule has 0 aliphatic rings. The van der Waals surface area contributed by atoms with Crippen LogP contribution in [-0.2, 0) is 29.2 Å². The lowest BCUT2D eigenvalue weighted by Crippen LogP contribution is -2.34. The molecule has 4 aromatic rings. The number of urea groups is 1. The van der Waals surface area contributed by atoms with E-state index in [1.165, 1.54) is 25.3 Å². The Hall–Kier alpha value is -5.53. The van der Waals surface area contributed by atoms with Crippen LogP contribution in [0.3, 0.4) is 0 Å². The summed E-state index contributed by atoms with van der Waals surface area (Å²) in [6.07, 6.45) is 3.45. The first-order valence-electron chi connectivity index (χ1n) is 14.1. The molecule has 0 unspecified atom stereocenters. The molecule has 0 saturated carbocycles. The number of nitrogens with one attached hydrogen (secondary N) is 1. The summed E-state index contributed by atoms with van der Waals surface area (Å²) in [5.41, 5.74) is 6.08. The maximum absolute atomic E-state index is 13.4. The number of anilines is 1. The Labute approximate surface area is 252 Å². The molecule has 0 saturated heterocycles. The van der Waals surface area contributed by atoms with Crippen molar-refractivity contribution < 1.29 is 19.4 Å². The van der Waals surface area contributed by atoms with Crippen LogP contribution in [-0.4, -0.2) is 16.9 Å². The highest BCUT2D eigenvalue weighted by atomic mass is 17.2. The molecule has 216 valence electrons. The minimum atomic E-state index is -0.553. The van der Waals surface area contributed by atoms with Crippen molar-refractivity contribution >= 4 is 17.7 Å². The van der Waals surface area contributed by atoms with Gasteiger partial charge in [0.05, 0.1) is 11.6 Å². The fraction of sp³-hybridized carbons (Fsp3) is 0.194. The van der Waals surface area contributed by atoms with E-state index in [0.717, 1.165) is 28.7 Å². The van der Waals surface area contributed by atoms with E-state index in [2.05, 4.69) is 59.3 Å². The number of nitrogens with zero attached hydrogens (tertiary/aromatic N) is 2. The molecule has 43 heavy (non-hydrogen) atoms. The van der Waals surface area contributed by atoms with Crippen molar-refractivity contribution in [2.75, 3.05) is 5.32 Å². The predicted octanol–water partition coefficient (Wildman–Crippen LogP) is 7.39. The first-order valence-corrected chi connectivity index (χ1v) is 14.1. The van der Waals surface area contributed by atoms with Gasteiger partial charge in [0.2, 0.25) is 0 Å². The van der Waals surface area contributed by atoms with E-state index in [-0.39, 0.29) is 6.03 Å². The van der Waals surface area contributed by atoms with Crippen LogP contribution in [0.1, 0.15) is 60.1 Å². The second kappa shape index (κ2) is 15.5. The quantitative estimate of drug-likeness (QED) is 0.122. The first kappa shape index (κ1) is 30.4. The normalized spacial score (nSPS) is 10.1. The summed E-state index contributed by atoms with van der Waals surface area (Å²) < 4.78 is 0. The molecule has 1 N–H and O–H groups in total. The summed E-state index contributed by atoms with van der Waals surface area (Å²) in [5, 5.41) is 12.0. The van der Waals surface area contributed by atoms with Crippen LogP contribution in [0.2, 0.25) is 0 Å². The number of carbonyl (C=O) groups excluding carboxylic acids is 2. The third-order valence-electron chi connectivity index (χ3n) is 6.56. The largest absolute Gasteiger partial charge is 0.352 e. The number of amides is 2. The topological polar surface area (TPSA) is 91.7 Å². The molecule has 0 aromatic heterocycles. The Morgan fingerprint density at radius 2 is 1.26 bits per heavy atom. The van der Waals surface area contributed by atoms with Gasteiger partial charge in [0.25, 0.3) is 0 Å². The zero-order chi connectivity index (χ0) is 30.4. The van der Waals surface area contributed by atoms with Gasteiger partial charge in [-0.1, -0.05) is 61.6 Å². The highest BCUT2D eigenvalue weighted by Crippen LogP contribution is 2.18. The van der Waals surface area contributed by atoms with Gasteiger partial charge in [0.15, 0.2) is 5.75 Å². The van der Waals surface area contributed by atoms with Crippen LogP contribution in [0.15, 0.2) is 97.1 Å². The van der Waals surface area contributed by atoms with E-state index in [4.69, 9.17) is 10.1 Å². The highest BCUT2D eigenvalue weighted by molar-refractivity contribution is 5.89. The third kappa shape index (κ3) is 9.81. The van der Waals surface area contributed by atoms with E-state index in [0.29, 0.717) is 30.1 Å². The van der Waals surface area contributed by atoms with Gasteiger partial charge in [0.1, 0.15) is 0 Å². The lowest BCUT2D eigenvalue weighted by molar-refractivity contribution is -0.210. The van der Waals surface area contributed by atoms with Crippen molar-refractivity contribution in [3.8, 4) is 23.7 Å². The minimum Gasteiger partial charge on any atom is -0.316 e. The molecule has 0 aliphatic heterocycles. The molecule has 2 amide bonds. The lowest BCUT2D eigenvalue weighted by atomic mass is 10.1. The number of carbonyl (C=O) groups is 2. The molecule has 0 fully saturated rings. The van der Waals surface area contributed by atoms with E-state index >= 15 is 0 Å². The summed E-state index contributed by atoms with van der Waals surface area (Å²) in [4.78, 5) is 35.6. The maximum Gasteiger partial charge on any atom is 0.352 e. The lowest BCUT2D eigenvalue weighted by Gasteiger charge is -2.24. The summed E-state index contributed by atoms with van der Waals surface area (Å²) in [7, 11) is 0. The molecule has 4 rings (SSSR count). The van der Waals surface area contributed by atoms with Gasteiger partial charge in [-0.05, 0) is 90.2 Å². The van der Waals surface area contributed by atoms with Gasteiger partial charge in [-0.25, -0.2) is 9.59 Å². The van der Waals surface area contributed by atoms with Crippen LogP contribution in [0.25, 0.3) is 0 Å². The van der Waals surface area contributed by atoms with Crippen LogP contribution < -0.4 is 10.2 Å². The van der Waals surface area contributed by atoms with Gasteiger partial charge in [-0.15, -0.1) is 0 Å². The molecule has 0 spiro atoms. The van der Waals surface area contributed by atoms with Crippen molar-refractivity contribution in [1.29, 1.82) is 5.26 Å². The molecule has 7 nitrogen and oxygen atoms in total. The average molecular weight is 572 g/mol. The number of aryl methyl sites for hydroxylation is 1. The van der Waals surface area contributed by atoms with Crippen LogP contribution in [0.5, 0.6) is 5.75 Å². The SMILES string of the molecule is CCCCc1ccc(C#Cc2ccc(CN(Cc3ccc(OOC(C)=O)cc3)C(=O)Nc3ccc(C#N)cc3)cc2)cc1. The Morgan fingerprint density at radius 1 is 0.744 bits per heavy atom. The molecule has 0 heterocycles. The second-order valence-electron chi connectivity index (χ2n) is 10.0. The van der Waals surface area contributed by atoms with Crippen LogP contribution in [0.4, 0.5) is 10.5 Å². The third-order valence-corrected chi connectivity index (χ3v) is 6.56. The Bertz CT molecular complexity index is 1610. The molecule has 0 aliphatic carbocycles.